The molecule has 0 N–H and O–H groups in total. The Labute approximate surface area is 173 Å². The summed E-state index contributed by atoms with van der Waals surface area (Å²) in [6, 6.07) is 14.1. The van der Waals surface area contributed by atoms with Gasteiger partial charge in [0.15, 0.2) is 0 Å². The first-order chi connectivity index (χ1) is 14.6. The van der Waals surface area contributed by atoms with Crippen LogP contribution in [0.15, 0.2) is 54.7 Å². The number of carbonyl (C=O) groups excluding carboxylic acids is 1. The summed E-state index contributed by atoms with van der Waals surface area (Å²) in [6.45, 7) is 3.40. The predicted octanol–water partition coefficient (Wildman–Crippen LogP) is 3.11. The quantitative estimate of drug-likeness (QED) is 0.478. The number of para-hydroxylation sites is 1. The Bertz CT molecular complexity index is 1090. The summed E-state index contributed by atoms with van der Waals surface area (Å²) in [5.41, 5.74) is 1.84. The van der Waals surface area contributed by atoms with Crippen molar-refractivity contribution < 1.29 is 14.5 Å². The molecule has 0 bridgehead atoms. The topological polar surface area (TPSA) is 88.8 Å². The number of rotatable bonds is 5. The highest BCUT2D eigenvalue weighted by molar-refractivity contribution is 6.07. The molecule has 0 unspecified atom stereocenters. The van der Waals surface area contributed by atoms with E-state index in [4.69, 9.17) is 4.74 Å². The molecule has 1 saturated heterocycles. The zero-order chi connectivity index (χ0) is 21.1. The molecule has 0 spiro atoms. The van der Waals surface area contributed by atoms with Crippen LogP contribution >= 0.6 is 0 Å². The van der Waals surface area contributed by atoms with E-state index in [0.717, 1.165) is 30.9 Å². The molecule has 1 aliphatic rings. The Morgan fingerprint density at radius 2 is 1.87 bits per heavy atom. The van der Waals surface area contributed by atoms with Crippen LogP contribution < -0.4 is 4.74 Å². The number of fused-ring (bicyclic) bond motifs is 1. The largest absolute Gasteiger partial charge is 0.496 e. The summed E-state index contributed by atoms with van der Waals surface area (Å²) < 4.78 is 5.43. The highest BCUT2D eigenvalue weighted by Gasteiger charge is 2.26. The van der Waals surface area contributed by atoms with Gasteiger partial charge in [0.05, 0.1) is 28.5 Å². The number of benzene rings is 2. The van der Waals surface area contributed by atoms with E-state index in [0.29, 0.717) is 29.6 Å². The molecule has 8 heteroatoms. The van der Waals surface area contributed by atoms with Gasteiger partial charge >= 0.3 is 0 Å². The fraction of sp³-hybridized carbons (Fsp3) is 0.273. The molecule has 3 aromatic rings. The van der Waals surface area contributed by atoms with Crippen molar-refractivity contribution in [2.75, 3.05) is 33.3 Å². The number of ether oxygens (including phenoxy) is 1. The lowest BCUT2D eigenvalue weighted by Crippen LogP contribution is -2.48. The average molecular weight is 406 g/mol. The van der Waals surface area contributed by atoms with Crippen LogP contribution in [0.2, 0.25) is 0 Å². The fourth-order valence-corrected chi connectivity index (χ4v) is 3.84. The number of amides is 1. The van der Waals surface area contributed by atoms with Crippen molar-refractivity contribution in [3.8, 4) is 5.75 Å². The lowest BCUT2D eigenvalue weighted by molar-refractivity contribution is -0.383. The summed E-state index contributed by atoms with van der Waals surface area (Å²) in [5.74, 6) is 0.713. The Kier molecular flexibility index (Phi) is 5.58. The molecular formula is C22H22N4O4. The summed E-state index contributed by atoms with van der Waals surface area (Å²) in [4.78, 5) is 32.3. The van der Waals surface area contributed by atoms with Crippen molar-refractivity contribution in [3.63, 3.8) is 0 Å². The van der Waals surface area contributed by atoms with Gasteiger partial charge in [-0.15, -0.1) is 0 Å². The molecule has 2 aromatic carbocycles. The molecule has 30 heavy (non-hydrogen) atoms. The van der Waals surface area contributed by atoms with Crippen LogP contribution in [0.1, 0.15) is 15.9 Å². The number of carbonyl (C=O) groups is 1. The molecular weight excluding hydrogens is 384 g/mol. The van der Waals surface area contributed by atoms with Gasteiger partial charge in [-0.2, -0.15) is 0 Å². The molecule has 0 radical (unpaired) electrons. The number of pyridine rings is 1. The van der Waals surface area contributed by atoms with Crippen LogP contribution in [0.4, 0.5) is 5.69 Å². The Morgan fingerprint density at radius 3 is 2.60 bits per heavy atom. The van der Waals surface area contributed by atoms with Gasteiger partial charge in [-0.3, -0.25) is 24.8 Å². The SMILES string of the molecule is COc1ccccc1CN1CCN(C(=O)c2ccc([N+](=O)[O-])c3cccnc23)CC1. The molecule has 8 nitrogen and oxygen atoms in total. The third-order valence-electron chi connectivity index (χ3n) is 5.42. The molecule has 0 aliphatic carbocycles. The van der Waals surface area contributed by atoms with Crippen molar-refractivity contribution in [1.82, 2.24) is 14.8 Å². The minimum atomic E-state index is -0.450. The predicted molar refractivity (Wildman–Crippen MR) is 113 cm³/mol. The number of aromatic nitrogens is 1. The maximum absolute atomic E-state index is 13.1. The Hall–Kier alpha value is -3.52. The third-order valence-corrected chi connectivity index (χ3v) is 5.42. The minimum Gasteiger partial charge on any atom is -0.496 e. The van der Waals surface area contributed by atoms with Gasteiger partial charge in [-0.25, -0.2) is 0 Å². The van der Waals surface area contributed by atoms with Crippen molar-refractivity contribution in [2.24, 2.45) is 0 Å². The summed E-state index contributed by atoms with van der Waals surface area (Å²) in [6.07, 6.45) is 1.55. The molecule has 0 atom stereocenters. The summed E-state index contributed by atoms with van der Waals surface area (Å²) in [5, 5.41) is 11.7. The Balaban J connectivity index is 1.49. The third kappa shape index (κ3) is 3.81. The molecule has 2 heterocycles. The van der Waals surface area contributed by atoms with Crippen molar-refractivity contribution in [2.45, 2.75) is 6.54 Å². The zero-order valence-electron chi connectivity index (χ0n) is 16.7. The normalized spacial score (nSPS) is 14.6. The number of hydrogen-bond acceptors (Lipinski definition) is 6. The van der Waals surface area contributed by atoms with Crippen molar-refractivity contribution in [1.29, 1.82) is 0 Å². The number of nitrogens with zero attached hydrogens (tertiary/aromatic N) is 4. The highest BCUT2D eigenvalue weighted by Crippen LogP contribution is 2.28. The fourth-order valence-electron chi connectivity index (χ4n) is 3.84. The molecule has 1 fully saturated rings. The van der Waals surface area contributed by atoms with Crippen LogP contribution in [0, 0.1) is 10.1 Å². The van der Waals surface area contributed by atoms with E-state index in [9.17, 15) is 14.9 Å². The minimum absolute atomic E-state index is 0.0451. The van der Waals surface area contributed by atoms with Crippen LogP contribution in [0.3, 0.4) is 0 Å². The van der Waals surface area contributed by atoms with Gasteiger partial charge < -0.3 is 9.64 Å². The lowest BCUT2D eigenvalue weighted by Gasteiger charge is -2.35. The molecule has 1 amide bonds. The highest BCUT2D eigenvalue weighted by atomic mass is 16.6. The first-order valence-electron chi connectivity index (χ1n) is 9.74. The van der Waals surface area contributed by atoms with Crippen molar-refractivity contribution in [3.05, 3.63) is 76.0 Å². The number of piperazine rings is 1. The number of nitro groups is 1. The maximum Gasteiger partial charge on any atom is 0.278 e. The van der Waals surface area contributed by atoms with E-state index in [1.165, 1.54) is 12.1 Å². The first-order valence-corrected chi connectivity index (χ1v) is 9.74. The molecule has 1 aliphatic heterocycles. The van der Waals surface area contributed by atoms with Crippen LogP contribution in [0.5, 0.6) is 5.75 Å². The second-order valence-electron chi connectivity index (χ2n) is 7.17. The van der Waals surface area contributed by atoms with Crippen molar-refractivity contribution >= 4 is 22.5 Å². The van der Waals surface area contributed by atoms with E-state index in [2.05, 4.69) is 9.88 Å². The molecule has 4 rings (SSSR count). The summed E-state index contributed by atoms with van der Waals surface area (Å²) >= 11 is 0. The van der Waals surface area contributed by atoms with E-state index in [1.54, 1.807) is 30.3 Å². The monoisotopic (exact) mass is 406 g/mol. The van der Waals surface area contributed by atoms with Gasteiger partial charge in [-0.1, -0.05) is 18.2 Å². The molecule has 0 saturated carbocycles. The van der Waals surface area contributed by atoms with Gasteiger partial charge in [0.2, 0.25) is 0 Å². The van der Waals surface area contributed by atoms with E-state index in [-0.39, 0.29) is 11.6 Å². The number of methoxy groups -OCH3 is 1. The zero-order valence-corrected chi connectivity index (χ0v) is 16.7. The van der Waals surface area contributed by atoms with Gasteiger partial charge in [0, 0.05) is 50.6 Å². The average Bonchev–Trinajstić information content (AvgIpc) is 2.78. The van der Waals surface area contributed by atoms with E-state index >= 15 is 0 Å². The Morgan fingerprint density at radius 1 is 1.10 bits per heavy atom. The first kappa shape index (κ1) is 19.8. The number of nitro benzene ring substituents is 1. The van der Waals surface area contributed by atoms with Crippen LogP contribution in [-0.2, 0) is 6.54 Å². The summed E-state index contributed by atoms with van der Waals surface area (Å²) in [7, 11) is 1.66. The van der Waals surface area contributed by atoms with E-state index < -0.39 is 4.92 Å². The van der Waals surface area contributed by atoms with Crippen LogP contribution in [-0.4, -0.2) is 58.9 Å². The van der Waals surface area contributed by atoms with Crippen LogP contribution in [0.25, 0.3) is 10.9 Å². The van der Waals surface area contributed by atoms with Gasteiger partial charge in [-0.05, 0) is 24.3 Å². The number of hydrogen-bond donors (Lipinski definition) is 0. The number of non-ortho nitro benzene ring substituents is 1. The standard InChI is InChI=1S/C22H22N4O4/c1-30-20-7-3-2-5-16(20)15-24-11-13-25(14-12-24)22(27)18-8-9-19(26(28)29)17-6-4-10-23-21(17)18/h2-10H,11-15H2,1H3. The smallest absolute Gasteiger partial charge is 0.278 e. The second kappa shape index (κ2) is 8.46. The van der Waals surface area contributed by atoms with Gasteiger partial charge in [0.1, 0.15) is 5.75 Å². The second-order valence-corrected chi connectivity index (χ2v) is 7.17. The maximum atomic E-state index is 13.1. The van der Waals surface area contributed by atoms with Gasteiger partial charge in [0.25, 0.3) is 11.6 Å². The van der Waals surface area contributed by atoms with E-state index in [1.807, 2.05) is 24.3 Å². The lowest BCUT2D eigenvalue weighted by atomic mass is 10.1. The molecule has 1 aromatic heterocycles. The molecule has 154 valence electrons.